The van der Waals surface area contributed by atoms with Crippen LogP contribution in [0.5, 0.6) is 0 Å². The molecule has 22 heavy (non-hydrogen) atoms. The Balaban J connectivity index is 1.80. The average Bonchev–Trinajstić information content (AvgIpc) is 3.00. The monoisotopic (exact) mass is 312 g/mol. The predicted octanol–water partition coefficient (Wildman–Crippen LogP) is 3.48. The maximum atomic E-state index is 12.2. The number of anilines is 1. The van der Waals surface area contributed by atoms with Crippen molar-refractivity contribution in [2.45, 2.75) is 6.92 Å². The Labute approximate surface area is 132 Å². The lowest BCUT2D eigenvalue weighted by Crippen LogP contribution is -2.15. The first-order valence-electron chi connectivity index (χ1n) is 6.68. The molecule has 0 aliphatic carbocycles. The summed E-state index contributed by atoms with van der Waals surface area (Å²) in [6.07, 6.45) is 1.50. The van der Waals surface area contributed by atoms with Crippen molar-refractivity contribution in [3.63, 3.8) is 0 Å². The molecule has 3 aromatic rings. The van der Waals surface area contributed by atoms with Gasteiger partial charge in [-0.15, -0.1) is 5.10 Å². The van der Waals surface area contributed by atoms with Gasteiger partial charge in [0, 0.05) is 10.7 Å². The van der Waals surface area contributed by atoms with Gasteiger partial charge in [0.15, 0.2) is 0 Å². The number of aromatic nitrogens is 3. The molecule has 0 aliphatic heterocycles. The van der Waals surface area contributed by atoms with Crippen molar-refractivity contribution < 1.29 is 4.79 Å². The normalized spacial score (nSPS) is 10.5. The van der Waals surface area contributed by atoms with Crippen LogP contribution in [0.25, 0.3) is 5.69 Å². The van der Waals surface area contributed by atoms with Gasteiger partial charge >= 0.3 is 0 Å². The molecule has 110 valence electrons. The van der Waals surface area contributed by atoms with Gasteiger partial charge in [0.05, 0.1) is 5.69 Å². The molecule has 0 atom stereocenters. The van der Waals surface area contributed by atoms with Gasteiger partial charge in [-0.1, -0.05) is 29.8 Å². The molecule has 0 spiro atoms. The van der Waals surface area contributed by atoms with E-state index in [0.717, 1.165) is 16.9 Å². The summed E-state index contributed by atoms with van der Waals surface area (Å²) < 4.78 is 1.53. The number of nitrogens with zero attached hydrogens (tertiary/aromatic N) is 3. The van der Waals surface area contributed by atoms with E-state index in [9.17, 15) is 4.79 Å². The third-order valence-corrected chi connectivity index (χ3v) is 3.43. The minimum atomic E-state index is -0.345. The maximum Gasteiger partial charge on any atom is 0.295 e. The number of carbonyl (C=O) groups excluding carboxylic acids is 1. The van der Waals surface area contributed by atoms with E-state index in [0.29, 0.717) is 5.02 Å². The lowest BCUT2D eigenvalue weighted by Gasteiger charge is -2.05. The largest absolute Gasteiger partial charge is 0.319 e. The Morgan fingerprint density at radius 2 is 1.86 bits per heavy atom. The van der Waals surface area contributed by atoms with Gasteiger partial charge < -0.3 is 5.32 Å². The summed E-state index contributed by atoms with van der Waals surface area (Å²) in [5.41, 5.74) is 2.51. The minimum Gasteiger partial charge on any atom is -0.319 e. The van der Waals surface area contributed by atoms with Crippen LogP contribution in [0.4, 0.5) is 5.69 Å². The van der Waals surface area contributed by atoms with Crippen LogP contribution in [-0.2, 0) is 0 Å². The summed E-state index contributed by atoms with van der Waals surface area (Å²) in [5.74, 6) is -0.236. The highest BCUT2D eigenvalue weighted by Crippen LogP contribution is 2.15. The molecule has 0 unspecified atom stereocenters. The van der Waals surface area contributed by atoms with E-state index in [1.54, 1.807) is 24.3 Å². The lowest BCUT2D eigenvalue weighted by molar-refractivity contribution is 0.101. The molecule has 0 saturated carbocycles. The maximum absolute atomic E-state index is 12.2. The molecule has 0 saturated heterocycles. The van der Waals surface area contributed by atoms with Crippen LogP contribution in [0.15, 0.2) is 54.9 Å². The fourth-order valence-electron chi connectivity index (χ4n) is 1.98. The Bertz CT molecular complexity index is 811. The summed E-state index contributed by atoms with van der Waals surface area (Å²) in [4.78, 5) is 16.2. The number of carbonyl (C=O) groups is 1. The third-order valence-electron chi connectivity index (χ3n) is 3.18. The predicted molar refractivity (Wildman–Crippen MR) is 85.5 cm³/mol. The molecule has 6 heteroatoms. The number of benzene rings is 2. The first-order valence-corrected chi connectivity index (χ1v) is 7.06. The van der Waals surface area contributed by atoms with Gasteiger partial charge in [-0.3, -0.25) is 4.79 Å². The summed E-state index contributed by atoms with van der Waals surface area (Å²) in [6.45, 7) is 1.93. The number of para-hydroxylation sites is 1. The van der Waals surface area contributed by atoms with E-state index in [1.165, 1.54) is 11.0 Å². The number of nitrogens with one attached hydrogen (secondary N) is 1. The number of hydrogen-bond acceptors (Lipinski definition) is 3. The third kappa shape index (κ3) is 2.99. The minimum absolute atomic E-state index is 0.109. The molecule has 3 rings (SSSR count). The van der Waals surface area contributed by atoms with E-state index in [2.05, 4.69) is 15.4 Å². The van der Waals surface area contributed by atoms with Crippen LogP contribution < -0.4 is 5.32 Å². The van der Waals surface area contributed by atoms with Crippen LogP contribution in [0.2, 0.25) is 5.02 Å². The summed E-state index contributed by atoms with van der Waals surface area (Å²) >= 11 is 5.85. The van der Waals surface area contributed by atoms with Crippen molar-refractivity contribution in [3.8, 4) is 5.69 Å². The number of halogens is 1. The summed E-state index contributed by atoms with van der Waals surface area (Å²) in [5, 5.41) is 7.63. The summed E-state index contributed by atoms with van der Waals surface area (Å²) in [6, 6.07) is 14.7. The molecule has 1 heterocycles. The van der Waals surface area contributed by atoms with E-state index in [4.69, 9.17) is 11.6 Å². The number of rotatable bonds is 3. The summed E-state index contributed by atoms with van der Waals surface area (Å²) in [7, 11) is 0. The first kappa shape index (κ1) is 14.3. The zero-order valence-corrected chi connectivity index (χ0v) is 12.6. The second-order valence-corrected chi connectivity index (χ2v) is 5.19. The smallest absolute Gasteiger partial charge is 0.295 e. The van der Waals surface area contributed by atoms with Crippen LogP contribution in [0.1, 0.15) is 16.2 Å². The molecule has 0 bridgehead atoms. The van der Waals surface area contributed by atoms with Crippen LogP contribution >= 0.6 is 11.6 Å². The quantitative estimate of drug-likeness (QED) is 0.805. The molecule has 1 N–H and O–H groups in total. The van der Waals surface area contributed by atoms with E-state index >= 15 is 0 Å². The molecular weight excluding hydrogens is 300 g/mol. The van der Waals surface area contributed by atoms with Gasteiger partial charge in [-0.25, -0.2) is 9.67 Å². The van der Waals surface area contributed by atoms with Crippen molar-refractivity contribution in [2.75, 3.05) is 5.32 Å². The van der Waals surface area contributed by atoms with Gasteiger partial charge in [0.1, 0.15) is 6.33 Å². The second-order valence-electron chi connectivity index (χ2n) is 4.76. The number of aryl methyl sites for hydroxylation is 1. The van der Waals surface area contributed by atoms with Crippen LogP contribution in [-0.4, -0.2) is 20.7 Å². The topological polar surface area (TPSA) is 59.8 Å². The molecule has 0 aliphatic rings. The van der Waals surface area contributed by atoms with Gasteiger partial charge in [0.2, 0.25) is 5.82 Å². The Morgan fingerprint density at radius 3 is 2.59 bits per heavy atom. The molecule has 1 aromatic heterocycles. The molecule has 1 amide bonds. The van der Waals surface area contributed by atoms with Crippen molar-refractivity contribution in [1.29, 1.82) is 0 Å². The highest BCUT2D eigenvalue weighted by atomic mass is 35.5. The molecule has 0 fully saturated rings. The van der Waals surface area contributed by atoms with Crippen LogP contribution in [0, 0.1) is 6.92 Å². The van der Waals surface area contributed by atoms with Crippen molar-refractivity contribution in [2.24, 2.45) is 0 Å². The Hall–Kier alpha value is -2.66. The molecule has 0 radical (unpaired) electrons. The lowest BCUT2D eigenvalue weighted by atomic mass is 10.2. The highest BCUT2D eigenvalue weighted by Gasteiger charge is 2.13. The standard InChI is InChI=1S/C16H13ClN4O/c1-11-4-2-3-5-14(11)19-16(22)15-18-10-21(20-15)13-8-6-12(17)7-9-13/h2-10H,1H3,(H,19,22). The fourth-order valence-corrected chi connectivity index (χ4v) is 2.10. The Morgan fingerprint density at radius 1 is 1.14 bits per heavy atom. The zero-order valence-electron chi connectivity index (χ0n) is 11.8. The number of hydrogen-bond donors (Lipinski definition) is 1. The van der Waals surface area contributed by atoms with Gasteiger partial charge in [-0.2, -0.15) is 0 Å². The Kier molecular flexibility index (Phi) is 3.89. The second kappa shape index (κ2) is 5.99. The SMILES string of the molecule is Cc1ccccc1NC(=O)c1ncn(-c2ccc(Cl)cc2)n1. The van der Waals surface area contributed by atoms with Crippen molar-refractivity contribution in [3.05, 3.63) is 71.3 Å². The van der Waals surface area contributed by atoms with Crippen molar-refractivity contribution >= 4 is 23.2 Å². The first-order chi connectivity index (χ1) is 10.6. The van der Waals surface area contributed by atoms with E-state index in [-0.39, 0.29) is 11.7 Å². The van der Waals surface area contributed by atoms with Gasteiger partial charge in [0.25, 0.3) is 5.91 Å². The fraction of sp³-hybridized carbons (Fsp3) is 0.0625. The highest BCUT2D eigenvalue weighted by molar-refractivity contribution is 6.30. The van der Waals surface area contributed by atoms with E-state index < -0.39 is 0 Å². The van der Waals surface area contributed by atoms with E-state index in [1.807, 2.05) is 31.2 Å². The average molecular weight is 313 g/mol. The van der Waals surface area contributed by atoms with Gasteiger partial charge in [-0.05, 0) is 42.8 Å². The molecular formula is C16H13ClN4O. The molecule has 5 nitrogen and oxygen atoms in total. The van der Waals surface area contributed by atoms with Crippen LogP contribution in [0.3, 0.4) is 0 Å². The number of amides is 1. The zero-order chi connectivity index (χ0) is 15.5. The molecule has 2 aromatic carbocycles. The van der Waals surface area contributed by atoms with Crippen molar-refractivity contribution in [1.82, 2.24) is 14.8 Å².